The highest BCUT2D eigenvalue weighted by Crippen LogP contribution is 2.11. The number of carbonyl (C=O) groups excluding carboxylic acids is 2. The van der Waals surface area contributed by atoms with Gasteiger partial charge in [0.2, 0.25) is 5.91 Å². The van der Waals surface area contributed by atoms with Gasteiger partial charge >= 0.3 is 0 Å². The van der Waals surface area contributed by atoms with Crippen LogP contribution < -0.4 is 10.9 Å². The molecule has 2 rings (SSSR count). The van der Waals surface area contributed by atoms with Crippen molar-refractivity contribution in [2.75, 3.05) is 19.6 Å². The first-order chi connectivity index (χ1) is 9.49. The van der Waals surface area contributed by atoms with Gasteiger partial charge in [-0.05, 0) is 0 Å². The Morgan fingerprint density at radius 2 is 2.10 bits per heavy atom. The summed E-state index contributed by atoms with van der Waals surface area (Å²) >= 11 is 0. The molecule has 9 nitrogen and oxygen atoms in total. The minimum Gasteiger partial charge on any atom is -0.354 e. The summed E-state index contributed by atoms with van der Waals surface area (Å²) in [5.41, 5.74) is -1.35. The van der Waals surface area contributed by atoms with E-state index in [1.807, 2.05) is 0 Å². The Labute approximate surface area is 112 Å². The molecular formula is C11H12N4O5. The van der Waals surface area contributed by atoms with E-state index in [9.17, 15) is 24.5 Å². The molecule has 0 spiro atoms. The van der Waals surface area contributed by atoms with Crippen LogP contribution >= 0.6 is 0 Å². The number of hydrogen-bond acceptors (Lipinski definition) is 5. The lowest BCUT2D eigenvalue weighted by molar-refractivity contribution is -0.385. The summed E-state index contributed by atoms with van der Waals surface area (Å²) in [6, 6.07) is 0.946. The van der Waals surface area contributed by atoms with Gasteiger partial charge in [0.25, 0.3) is 17.2 Å². The molecule has 1 aromatic heterocycles. The zero-order valence-corrected chi connectivity index (χ0v) is 10.4. The number of aromatic amines is 1. The predicted octanol–water partition coefficient (Wildman–Crippen LogP) is -0.755. The van der Waals surface area contributed by atoms with E-state index in [2.05, 4.69) is 10.3 Å². The number of nitro groups is 1. The molecule has 1 saturated heterocycles. The number of amides is 2. The van der Waals surface area contributed by atoms with Crippen LogP contribution in [0.5, 0.6) is 0 Å². The van der Waals surface area contributed by atoms with Gasteiger partial charge in [-0.2, -0.15) is 0 Å². The number of nitrogens with zero attached hydrogens (tertiary/aromatic N) is 2. The van der Waals surface area contributed by atoms with Gasteiger partial charge in [-0.1, -0.05) is 0 Å². The zero-order valence-electron chi connectivity index (χ0n) is 10.4. The number of pyridine rings is 1. The Balaban J connectivity index is 2.28. The quantitative estimate of drug-likeness (QED) is 0.544. The van der Waals surface area contributed by atoms with Crippen molar-refractivity contribution in [2.45, 2.75) is 6.42 Å². The molecule has 0 saturated carbocycles. The monoisotopic (exact) mass is 280 g/mol. The number of aromatic nitrogens is 1. The van der Waals surface area contributed by atoms with Gasteiger partial charge in [-0.15, -0.1) is 0 Å². The summed E-state index contributed by atoms with van der Waals surface area (Å²) in [6.45, 7) is 0.719. The maximum atomic E-state index is 12.2. The number of hydrogen-bond donors (Lipinski definition) is 2. The molecular weight excluding hydrogens is 268 g/mol. The third-order valence-electron chi connectivity index (χ3n) is 2.93. The lowest BCUT2D eigenvalue weighted by Gasteiger charge is -2.18. The standard InChI is InChI=1S/C11H12N4O5/c16-9-1-3-14(4-2-12-9)11(18)8-5-7(15(19)20)6-13-10(8)17/h5-6H,1-4H2,(H,12,16)(H,13,17). The Morgan fingerprint density at radius 3 is 2.80 bits per heavy atom. The summed E-state index contributed by atoms with van der Waals surface area (Å²) < 4.78 is 0. The molecule has 1 fully saturated rings. The van der Waals surface area contributed by atoms with Crippen LogP contribution in [0.4, 0.5) is 5.69 Å². The Bertz CT molecular complexity index is 623. The first-order valence-corrected chi connectivity index (χ1v) is 5.92. The predicted molar refractivity (Wildman–Crippen MR) is 67.2 cm³/mol. The lowest BCUT2D eigenvalue weighted by Crippen LogP contribution is -2.37. The largest absolute Gasteiger partial charge is 0.354 e. The molecule has 20 heavy (non-hydrogen) atoms. The molecule has 0 aliphatic carbocycles. The van der Waals surface area contributed by atoms with Crippen LogP contribution in [0.2, 0.25) is 0 Å². The minimum absolute atomic E-state index is 0.137. The minimum atomic E-state index is -0.694. The van der Waals surface area contributed by atoms with Crippen molar-refractivity contribution in [3.63, 3.8) is 0 Å². The third-order valence-corrected chi connectivity index (χ3v) is 2.93. The maximum absolute atomic E-state index is 12.2. The van der Waals surface area contributed by atoms with Crippen LogP contribution in [0.25, 0.3) is 0 Å². The maximum Gasteiger partial charge on any atom is 0.286 e. The topological polar surface area (TPSA) is 125 Å². The number of rotatable bonds is 2. The first-order valence-electron chi connectivity index (χ1n) is 5.92. The SMILES string of the molecule is O=C1CCN(C(=O)c2cc([N+](=O)[O-])c[nH]c2=O)CCN1. The third kappa shape index (κ3) is 2.82. The van der Waals surface area contributed by atoms with E-state index in [0.717, 1.165) is 12.3 Å². The average molecular weight is 280 g/mol. The zero-order chi connectivity index (χ0) is 14.7. The highest BCUT2D eigenvalue weighted by molar-refractivity contribution is 5.94. The molecule has 2 N–H and O–H groups in total. The number of nitrogens with one attached hydrogen (secondary N) is 2. The van der Waals surface area contributed by atoms with Crippen molar-refractivity contribution < 1.29 is 14.5 Å². The Kier molecular flexibility index (Phi) is 3.78. The van der Waals surface area contributed by atoms with E-state index in [1.54, 1.807) is 0 Å². The van der Waals surface area contributed by atoms with E-state index < -0.39 is 16.4 Å². The average Bonchev–Trinajstić information content (AvgIpc) is 2.63. The molecule has 2 heterocycles. The van der Waals surface area contributed by atoms with E-state index in [1.165, 1.54) is 4.90 Å². The second kappa shape index (κ2) is 5.51. The molecule has 0 atom stereocenters. The van der Waals surface area contributed by atoms with Gasteiger partial charge in [0.05, 0.1) is 11.1 Å². The molecule has 9 heteroatoms. The second-order valence-corrected chi connectivity index (χ2v) is 4.25. The van der Waals surface area contributed by atoms with Crippen molar-refractivity contribution >= 4 is 17.5 Å². The molecule has 0 aromatic carbocycles. The summed E-state index contributed by atoms with van der Waals surface area (Å²) in [5.74, 6) is -0.792. The smallest absolute Gasteiger partial charge is 0.286 e. The van der Waals surface area contributed by atoms with Crippen LogP contribution in [0.15, 0.2) is 17.1 Å². The fourth-order valence-corrected chi connectivity index (χ4v) is 1.88. The van der Waals surface area contributed by atoms with Gasteiger partial charge < -0.3 is 15.2 Å². The van der Waals surface area contributed by atoms with E-state index in [4.69, 9.17) is 0 Å². The van der Waals surface area contributed by atoms with Gasteiger partial charge in [0.15, 0.2) is 0 Å². The molecule has 1 aliphatic heterocycles. The highest BCUT2D eigenvalue weighted by Gasteiger charge is 2.23. The highest BCUT2D eigenvalue weighted by atomic mass is 16.6. The molecule has 2 amide bonds. The van der Waals surface area contributed by atoms with Crippen LogP contribution in [0.3, 0.4) is 0 Å². The van der Waals surface area contributed by atoms with E-state index in [-0.39, 0.29) is 43.2 Å². The molecule has 106 valence electrons. The molecule has 0 unspecified atom stereocenters. The lowest BCUT2D eigenvalue weighted by atomic mass is 10.2. The van der Waals surface area contributed by atoms with Crippen LogP contribution in [-0.4, -0.2) is 46.3 Å². The number of carbonyl (C=O) groups is 2. The number of H-pyrrole nitrogens is 1. The van der Waals surface area contributed by atoms with Gasteiger partial charge in [-0.25, -0.2) is 0 Å². The van der Waals surface area contributed by atoms with Gasteiger partial charge in [-0.3, -0.25) is 24.5 Å². The van der Waals surface area contributed by atoms with Crippen LogP contribution in [0.1, 0.15) is 16.8 Å². The fourth-order valence-electron chi connectivity index (χ4n) is 1.88. The van der Waals surface area contributed by atoms with E-state index >= 15 is 0 Å². The van der Waals surface area contributed by atoms with Crippen molar-refractivity contribution in [2.24, 2.45) is 0 Å². The summed E-state index contributed by atoms with van der Waals surface area (Å²) in [6.07, 6.45) is 1.07. The van der Waals surface area contributed by atoms with Crippen molar-refractivity contribution in [3.8, 4) is 0 Å². The fraction of sp³-hybridized carbons (Fsp3) is 0.364. The first kappa shape index (κ1) is 13.7. The molecule has 0 radical (unpaired) electrons. The summed E-state index contributed by atoms with van der Waals surface area (Å²) in [7, 11) is 0. The normalized spacial score (nSPS) is 15.4. The van der Waals surface area contributed by atoms with Crippen molar-refractivity contribution in [1.29, 1.82) is 0 Å². The van der Waals surface area contributed by atoms with Crippen molar-refractivity contribution in [1.82, 2.24) is 15.2 Å². The van der Waals surface area contributed by atoms with Crippen LogP contribution in [0, 0.1) is 10.1 Å². The summed E-state index contributed by atoms with van der Waals surface area (Å²) in [5, 5.41) is 13.3. The molecule has 1 aliphatic rings. The summed E-state index contributed by atoms with van der Waals surface area (Å²) in [4.78, 5) is 48.5. The van der Waals surface area contributed by atoms with Gasteiger partial charge in [0.1, 0.15) is 5.56 Å². The Hall–Kier alpha value is -2.71. The van der Waals surface area contributed by atoms with Crippen LogP contribution in [-0.2, 0) is 4.79 Å². The molecule has 0 bridgehead atoms. The Morgan fingerprint density at radius 1 is 1.35 bits per heavy atom. The molecule has 1 aromatic rings. The van der Waals surface area contributed by atoms with E-state index in [0.29, 0.717) is 0 Å². The second-order valence-electron chi connectivity index (χ2n) is 4.25. The van der Waals surface area contributed by atoms with Crippen molar-refractivity contribution in [3.05, 3.63) is 38.3 Å². The van der Waals surface area contributed by atoms with Gasteiger partial charge in [0, 0.05) is 32.1 Å².